The number of ether oxygens (including phenoxy) is 1. The molecule has 0 fully saturated rings. The Morgan fingerprint density at radius 3 is 2.45 bits per heavy atom. The molecule has 0 aliphatic carbocycles. The molecule has 0 aliphatic rings. The first kappa shape index (κ1) is 14.8. The monoisotopic (exact) mass is 293 g/mol. The molecule has 2 nitrogen and oxygen atoms in total. The summed E-state index contributed by atoms with van der Waals surface area (Å²) in [6.45, 7) is 4.55. The Balaban J connectivity index is 2.21. The third-order valence-corrected chi connectivity index (χ3v) is 3.45. The summed E-state index contributed by atoms with van der Waals surface area (Å²) in [7, 11) is 0. The summed E-state index contributed by atoms with van der Waals surface area (Å²) in [6, 6.07) is 8.86. The van der Waals surface area contributed by atoms with E-state index >= 15 is 0 Å². The number of halogens is 2. The van der Waals surface area contributed by atoms with Gasteiger partial charge in [-0.3, -0.25) is 0 Å². The fourth-order valence-corrected chi connectivity index (χ4v) is 2.39. The van der Waals surface area contributed by atoms with Crippen molar-refractivity contribution < 1.29 is 9.13 Å². The van der Waals surface area contributed by atoms with E-state index in [2.05, 4.69) is 0 Å². The van der Waals surface area contributed by atoms with Crippen LogP contribution in [0.2, 0.25) is 5.02 Å². The van der Waals surface area contributed by atoms with E-state index in [0.717, 1.165) is 22.4 Å². The second-order valence-corrected chi connectivity index (χ2v) is 5.17. The van der Waals surface area contributed by atoms with Crippen LogP contribution >= 0.6 is 11.6 Å². The lowest BCUT2D eigenvalue weighted by molar-refractivity contribution is 0.295. The highest BCUT2D eigenvalue weighted by molar-refractivity contribution is 6.30. The molecule has 0 saturated carbocycles. The summed E-state index contributed by atoms with van der Waals surface area (Å²) in [5, 5.41) is 0.109. The Kier molecular flexibility index (Phi) is 4.63. The summed E-state index contributed by atoms with van der Waals surface area (Å²) in [5.74, 6) is 0.338. The zero-order valence-corrected chi connectivity index (χ0v) is 12.3. The minimum absolute atomic E-state index is 0.109. The molecule has 2 rings (SSSR count). The summed E-state index contributed by atoms with van der Waals surface area (Å²) >= 11 is 5.75. The summed E-state index contributed by atoms with van der Waals surface area (Å²) in [5.41, 5.74) is 9.12. The van der Waals surface area contributed by atoms with Crippen LogP contribution in [-0.4, -0.2) is 0 Å². The van der Waals surface area contributed by atoms with Crippen molar-refractivity contribution in [3.63, 3.8) is 0 Å². The second-order valence-electron chi connectivity index (χ2n) is 4.76. The van der Waals surface area contributed by atoms with Gasteiger partial charge in [0.25, 0.3) is 0 Å². The van der Waals surface area contributed by atoms with Crippen LogP contribution in [0.3, 0.4) is 0 Å². The average Bonchev–Trinajstić information content (AvgIpc) is 2.42. The maximum Gasteiger partial charge on any atom is 0.148 e. The third-order valence-electron chi connectivity index (χ3n) is 3.16. The summed E-state index contributed by atoms with van der Waals surface area (Å²) < 4.78 is 19.5. The van der Waals surface area contributed by atoms with E-state index in [9.17, 15) is 4.39 Å². The van der Waals surface area contributed by atoms with E-state index < -0.39 is 5.82 Å². The Bertz CT molecular complexity index is 605. The zero-order valence-electron chi connectivity index (χ0n) is 11.5. The van der Waals surface area contributed by atoms with Crippen molar-refractivity contribution in [2.45, 2.75) is 27.0 Å². The lowest BCUT2D eigenvalue weighted by atomic mass is 10.1. The van der Waals surface area contributed by atoms with Gasteiger partial charge in [-0.05, 0) is 36.6 Å². The van der Waals surface area contributed by atoms with E-state index in [4.69, 9.17) is 22.1 Å². The lowest BCUT2D eigenvalue weighted by Crippen LogP contribution is -2.03. The van der Waals surface area contributed by atoms with Crippen molar-refractivity contribution in [2.75, 3.05) is 0 Å². The van der Waals surface area contributed by atoms with Gasteiger partial charge in [0.05, 0.1) is 5.02 Å². The number of rotatable bonds is 4. The van der Waals surface area contributed by atoms with Crippen LogP contribution < -0.4 is 10.5 Å². The normalized spacial score (nSPS) is 10.7. The molecule has 0 spiro atoms. The molecule has 0 bridgehead atoms. The predicted octanol–water partition coefficient (Wildman–Crippen LogP) is 4.13. The molecule has 2 aromatic rings. The molecular weight excluding hydrogens is 277 g/mol. The smallest absolute Gasteiger partial charge is 0.148 e. The molecule has 0 heterocycles. The van der Waals surface area contributed by atoms with Gasteiger partial charge >= 0.3 is 0 Å². The molecule has 0 unspecified atom stereocenters. The largest absolute Gasteiger partial charge is 0.488 e. The van der Waals surface area contributed by atoms with Gasteiger partial charge in [0.1, 0.15) is 18.2 Å². The second kappa shape index (κ2) is 6.25. The van der Waals surface area contributed by atoms with Crippen LogP contribution in [0, 0.1) is 19.7 Å². The van der Waals surface area contributed by atoms with E-state index in [0.29, 0.717) is 12.1 Å². The standard InChI is InChI=1S/C16H17ClFNO/c1-10-6-12(8-19)7-11(2)16(10)20-9-13-4-3-5-14(17)15(13)18/h3-7H,8-9,19H2,1-2H3. The van der Waals surface area contributed by atoms with Crippen molar-refractivity contribution in [3.8, 4) is 5.75 Å². The summed E-state index contributed by atoms with van der Waals surface area (Å²) in [4.78, 5) is 0. The predicted molar refractivity (Wildman–Crippen MR) is 79.5 cm³/mol. The van der Waals surface area contributed by atoms with Gasteiger partial charge in [0.15, 0.2) is 0 Å². The van der Waals surface area contributed by atoms with Crippen LogP contribution in [0.25, 0.3) is 0 Å². The minimum Gasteiger partial charge on any atom is -0.488 e. The van der Waals surface area contributed by atoms with Gasteiger partial charge in [-0.25, -0.2) is 4.39 Å². The quantitative estimate of drug-likeness (QED) is 0.920. The molecular formula is C16H17ClFNO. The van der Waals surface area contributed by atoms with Crippen LogP contribution in [0.4, 0.5) is 4.39 Å². The number of benzene rings is 2. The average molecular weight is 294 g/mol. The van der Waals surface area contributed by atoms with E-state index in [1.165, 1.54) is 6.07 Å². The molecule has 2 aromatic carbocycles. The molecule has 4 heteroatoms. The SMILES string of the molecule is Cc1cc(CN)cc(C)c1OCc1cccc(Cl)c1F. The van der Waals surface area contributed by atoms with E-state index in [1.807, 2.05) is 26.0 Å². The molecule has 0 aromatic heterocycles. The first-order chi connectivity index (χ1) is 9.52. The maximum atomic E-state index is 13.8. The lowest BCUT2D eigenvalue weighted by Gasteiger charge is -2.14. The third kappa shape index (κ3) is 3.11. The van der Waals surface area contributed by atoms with Gasteiger partial charge < -0.3 is 10.5 Å². The first-order valence-electron chi connectivity index (χ1n) is 6.38. The van der Waals surface area contributed by atoms with Crippen LogP contribution in [-0.2, 0) is 13.2 Å². The number of hydrogen-bond donors (Lipinski definition) is 1. The fourth-order valence-electron chi connectivity index (χ4n) is 2.20. The topological polar surface area (TPSA) is 35.2 Å². The summed E-state index contributed by atoms with van der Waals surface area (Å²) in [6.07, 6.45) is 0. The van der Waals surface area contributed by atoms with E-state index in [-0.39, 0.29) is 11.6 Å². The minimum atomic E-state index is -0.428. The molecule has 0 saturated heterocycles. The first-order valence-corrected chi connectivity index (χ1v) is 6.76. The number of nitrogens with two attached hydrogens (primary N) is 1. The van der Waals surface area contributed by atoms with Gasteiger partial charge in [-0.1, -0.05) is 35.9 Å². The van der Waals surface area contributed by atoms with Gasteiger partial charge in [0, 0.05) is 12.1 Å². The Hall–Kier alpha value is -1.58. The number of hydrogen-bond acceptors (Lipinski definition) is 2. The van der Waals surface area contributed by atoms with Gasteiger partial charge in [-0.15, -0.1) is 0 Å². The molecule has 0 amide bonds. The van der Waals surface area contributed by atoms with Crippen molar-refractivity contribution in [1.29, 1.82) is 0 Å². The van der Waals surface area contributed by atoms with Crippen molar-refractivity contribution in [1.82, 2.24) is 0 Å². The fraction of sp³-hybridized carbons (Fsp3) is 0.250. The Morgan fingerprint density at radius 1 is 1.20 bits per heavy atom. The van der Waals surface area contributed by atoms with Crippen molar-refractivity contribution in [2.24, 2.45) is 5.73 Å². The molecule has 20 heavy (non-hydrogen) atoms. The number of aryl methyl sites for hydroxylation is 2. The van der Waals surface area contributed by atoms with Crippen molar-refractivity contribution in [3.05, 3.63) is 63.4 Å². The maximum absolute atomic E-state index is 13.8. The van der Waals surface area contributed by atoms with Crippen LogP contribution in [0.15, 0.2) is 30.3 Å². The highest BCUT2D eigenvalue weighted by Gasteiger charge is 2.10. The van der Waals surface area contributed by atoms with Gasteiger partial charge in [-0.2, -0.15) is 0 Å². The van der Waals surface area contributed by atoms with Crippen LogP contribution in [0.1, 0.15) is 22.3 Å². The highest BCUT2D eigenvalue weighted by Crippen LogP contribution is 2.26. The van der Waals surface area contributed by atoms with Crippen LogP contribution in [0.5, 0.6) is 5.75 Å². The molecule has 106 valence electrons. The Morgan fingerprint density at radius 2 is 1.85 bits per heavy atom. The molecule has 0 atom stereocenters. The van der Waals surface area contributed by atoms with E-state index in [1.54, 1.807) is 12.1 Å². The molecule has 2 N–H and O–H groups in total. The molecule has 0 aliphatic heterocycles. The molecule has 0 radical (unpaired) electrons. The zero-order chi connectivity index (χ0) is 14.7. The van der Waals surface area contributed by atoms with Crippen molar-refractivity contribution >= 4 is 11.6 Å². The van der Waals surface area contributed by atoms with Gasteiger partial charge in [0.2, 0.25) is 0 Å². The Labute approximate surface area is 123 Å². The highest BCUT2D eigenvalue weighted by atomic mass is 35.5.